The molecule has 7 nitrogen and oxygen atoms in total. The van der Waals surface area contributed by atoms with Crippen molar-refractivity contribution in [2.45, 2.75) is 6.42 Å². The Morgan fingerprint density at radius 1 is 1.32 bits per heavy atom. The number of aromatic nitrogens is 4. The average molecular weight is 302 g/mol. The van der Waals surface area contributed by atoms with Crippen LogP contribution in [0.3, 0.4) is 0 Å². The van der Waals surface area contributed by atoms with E-state index in [1.807, 2.05) is 11.6 Å². The van der Waals surface area contributed by atoms with Gasteiger partial charge < -0.3 is 15.3 Å². The molecular weight excluding hydrogens is 289 g/mol. The van der Waals surface area contributed by atoms with Crippen molar-refractivity contribution in [3.8, 4) is 0 Å². The van der Waals surface area contributed by atoms with Gasteiger partial charge in [0.25, 0.3) is 0 Å². The number of rotatable bonds is 5. The zero-order valence-corrected chi connectivity index (χ0v) is 11.7. The predicted octanol–water partition coefficient (Wildman–Crippen LogP) is 1.46. The first-order chi connectivity index (χ1) is 9.11. The summed E-state index contributed by atoms with van der Waals surface area (Å²) in [5, 5.41) is 11.7. The number of hydrazine groups is 1. The van der Waals surface area contributed by atoms with Crippen molar-refractivity contribution in [3.05, 3.63) is 28.3 Å². The standard InChI is InChI=1S/C10H13Cl2N7/c1-19-5-15-18-8(19)2-3-14-9-6(11)4-7(12)10(16-9)17-13/h4-5H,2-3,13H2,1H3,(H2,14,16,17). The lowest BCUT2D eigenvalue weighted by Gasteiger charge is -2.10. The third-order valence-corrected chi connectivity index (χ3v) is 3.09. The topological polar surface area (TPSA) is 93.7 Å². The second kappa shape index (κ2) is 6.05. The SMILES string of the molecule is Cn1cnnc1CCNc1nc(NN)c(Cl)cc1Cl. The average Bonchev–Trinajstić information content (AvgIpc) is 2.78. The number of nitrogen functional groups attached to an aromatic ring is 1. The normalized spacial score (nSPS) is 10.5. The Morgan fingerprint density at radius 2 is 2.05 bits per heavy atom. The van der Waals surface area contributed by atoms with Gasteiger partial charge in [0, 0.05) is 20.0 Å². The van der Waals surface area contributed by atoms with E-state index < -0.39 is 0 Å². The highest BCUT2D eigenvalue weighted by atomic mass is 35.5. The molecule has 0 saturated heterocycles. The van der Waals surface area contributed by atoms with Gasteiger partial charge >= 0.3 is 0 Å². The van der Waals surface area contributed by atoms with Gasteiger partial charge in [-0.3, -0.25) is 0 Å². The smallest absolute Gasteiger partial charge is 0.161 e. The molecule has 2 rings (SSSR count). The Morgan fingerprint density at radius 3 is 2.68 bits per heavy atom. The van der Waals surface area contributed by atoms with E-state index in [9.17, 15) is 0 Å². The fraction of sp³-hybridized carbons (Fsp3) is 0.300. The molecule has 0 aliphatic rings. The van der Waals surface area contributed by atoms with Crippen LogP contribution in [0.5, 0.6) is 0 Å². The van der Waals surface area contributed by atoms with E-state index >= 15 is 0 Å². The van der Waals surface area contributed by atoms with Crippen molar-refractivity contribution in [1.29, 1.82) is 0 Å². The van der Waals surface area contributed by atoms with Crippen LogP contribution in [0.4, 0.5) is 11.6 Å². The van der Waals surface area contributed by atoms with Crippen LogP contribution in [0.15, 0.2) is 12.4 Å². The van der Waals surface area contributed by atoms with Crippen LogP contribution in [0.1, 0.15) is 5.82 Å². The number of hydrogen-bond donors (Lipinski definition) is 3. The third kappa shape index (κ3) is 3.25. The molecule has 0 saturated carbocycles. The monoisotopic (exact) mass is 301 g/mol. The molecule has 2 heterocycles. The Labute approximate surface area is 120 Å². The van der Waals surface area contributed by atoms with Crippen LogP contribution < -0.4 is 16.6 Å². The highest BCUT2D eigenvalue weighted by Crippen LogP contribution is 2.28. The van der Waals surface area contributed by atoms with Gasteiger partial charge in [0.1, 0.15) is 18.0 Å². The number of anilines is 2. The van der Waals surface area contributed by atoms with Crippen molar-refractivity contribution in [2.75, 3.05) is 17.3 Å². The van der Waals surface area contributed by atoms with Crippen molar-refractivity contribution in [3.63, 3.8) is 0 Å². The summed E-state index contributed by atoms with van der Waals surface area (Å²) in [6, 6.07) is 1.58. The minimum Gasteiger partial charge on any atom is -0.368 e. The third-order valence-electron chi connectivity index (χ3n) is 2.51. The number of pyridine rings is 1. The number of nitrogens with zero attached hydrogens (tertiary/aromatic N) is 4. The molecule has 19 heavy (non-hydrogen) atoms. The molecule has 9 heteroatoms. The zero-order chi connectivity index (χ0) is 13.8. The van der Waals surface area contributed by atoms with Gasteiger partial charge in [-0.25, -0.2) is 10.8 Å². The maximum Gasteiger partial charge on any atom is 0.161 e. The molecule has 0 atom stereocenters. The summed E-state index contributed by atoms with van der Waals surface area (Å²) in [6.07, 6.45) is 2.35. The lowest BCUT2D eigenvalue weighted by atomic mass is 10.3. The Balaban J connectivity index is 2.01. The molecule has 0 radical (unpaired) electrons. The van der Waals surface area contributed by atoms with Crippen LogP contribution in [-0.2, 0) is 13.5 Å². The molecule has 2 aromatic heterocycles. The van der Waals surface area contributed by atoms with Crippen LogP contribution >= 0.6 is 23.2 Å². The van der Waals surface area contributed by atoms with Crippen LogP contribution in [0, 0.1) is 0 Å². The predicted molar refractivity (Wildman–Crippen MR) is 75.3 cm³/mol. The highest BCUT2D eigenvalue weighted by Gasteiger charge is 2.08. The minimum absolute atomic E-state index is 0.367. The first kappa shape index (κ1) is 13.9. The van der Waals surface area contributed by atoms with E-state index in [0.29, 0.717) is 34.6 Å². The number of nitrogens with two attached hydrogens (primary N) is 1. The van der Waals surface area contributed by atoms with E-state index in [1.165, 1.54) is 0 Å². The van der Waals surface area contributed by atoms with Crippen LogP contribution in [-0.4, -0.2) is 26.3 Å². The second-order valence-electron chi connectivity index (χ2n) is 3.83. The number of hydrogen-bond acceptors (Lipinski definition) is 6. The van der Waals surface area contributed by atoms with E-state index in [-0.39, 0.29) is 0 Å². The van der Waals surface area contributed by atoms with Gasteiger partial charge in [-0.05, 0) is 6.07 Å². The van der Waals surface area contributed by atoms with E-state index in [4.69, 9.17) is 29.0 Å². The highest BCUT2D eigenvalue weighted by molar-refractivity contribution is 6.37. The zero-order valence-electron chi connectivity index (χ0n) is 10.2. The van der Waals surface area contributed by atoms with Gasteiger partial charge in [-0.1, -0.05) is 23.2 Å². The largest absolute Gasteiger partial charge is 0.368 e. The van der Waals surface area contributed by atoms with Gasteiger partial charge in [0.15, 0.2) is 5.82 Å². The quantitative estimate of drug-likeness (QED) is 0.572. The molecule has 0 amide bonds. The van der Waals surface area contributed by atoms with Crippen LogP contribution in [0.2, 0.25) is 10.0 Å². The van der Waals surface area contributed by atoms with E-state index in [1.54, 1.807) is 12.4 Å². The molecule has 0 aliphatic heterocycles. The molecule has 0 unspecified atom stereocenters. The Bertz CT molecular complexity index is 569. The van der Waals surface area contributed by atoms with Crippen molar-refractivity contribution in [2.24, 2.45) is 12.9 Å². The minimum atomic E-state index is 0.367. The number of aryl methyl sites for hydroxylation is 1. The maximum absolute atomic E-state index is 6.04. The van der Waals surface area contributed by atoms with Gasteiger partial charge in [0.2, 0.25) is 0 Å². The van der Waals surface area contributed by atoms with E-state index in [0.717, 1.165) is 5.82 Å². The summed E-state index contributed by atoms with van der Waals surface area (Å²) >= 11 is 11.9. The first-order valence-electron chi connectivity index (χ1n) is 5.51. The Hall–Kier alpha value is -1.57. The van der Waals surface area contributed by atoms with E-state index in [2.05, 4.69) is 25.9 Å². The molecule has 0 aromatic carbocycles. The number of nitrogens with one attached hydrogen (secondary N) is 2. The molecule has 102 valence electrons. The molecule has 2 aromatic rings. The molecule has 0 spiro atoms. The lowest BCUT2D eigenvalue weighted by molar-refractivity contribution is 0.787. The summed E-state index contributed by atoms with van der Waals surface area (Å²) in [7, 11) is 1.89. The molecule has 0 aliphatic carbocycles. The van der Waals surface area contributed by atoms with Crippen molar-refractivity contribution < 1.29 is 0 Å². The fourth-order valence-electron chi connectivity index (χ4n) is 1.52. The maximum atomic E-state index is 6.04. The molecule has 0 fully saturated rings. The summed E-state index contributed by atoms with van der Waals surface area (Å²) in [6.45, 7) is 0.616. The first-order valence-corrected chi connectivity index (χ1v) is 6.27. The molecule has 0 bridgehead atoms. The summed E-state index contributed by atoms with van der Waals surface area (Å²) in [5.74, 6) is 7.06. The lowest BCUT2D eigenvalue weighted by Crippen LogP contribution is -2.13. The molecule has 4 N–H and O–H groups in total. The fourth-order valence-corrected chi connectivity index (χ4v) is 2.00. The summed E-state index contributed by atoms with van der Waals surface area (Å²) in [5.41, 5.74) is 2.41. The van der Waals surface area contributed by atoms with Gasteiger partial charge in [-0.15, -0.1) is 10.2 Å². The second-order valence-corrected chi connectivity index (χ2v) is 4.64. The molecular formula is C10H13Cl2N7. The number of halogens is 2. The van der Waals surface area contributed by atoms with Crippen LogP contribution in [0.25, 0.3) is 0 Å². The van der Waals surface area contributed by atoms with Crippen molar-refractivity contribution >= 4 is 34.8 Å². The van der Waals surface area contributed by atoms with Crippen molar-refractivity contribution in [1.82, 2.24) is 19.7 Å². The van der Waals surface area contributed by atoms with Gasteiger partial charge in [-0.2, -0.15) is 0 Å². The Kier molecular flexibility index (Phi) is 4.41. The summed E-state index contributed by atoms with van der Waals surface area (Å²) < 4.78 is 1.85. The summed E-state index contributed by atoms with van der Waals surface area (Å²) in [4.78, 5) is 4.18. The van der Waals surface area contributed by atoms with Gasteiger partial charge in [0.05, 0.1) is 10.0 Å².